The van der Waals surface area contributed by atoms with Crippen molar-refractivity contribution in [3.8, 4) is 0 Å². The lowest BCUT2D eigenvalue weighted by Gasteiger charge is -2.17. The predicted octanol–water partition coefficient (Wildman–Crippen LogP) is 3.25. The minimum atomic E-state index is -0.944. The number of hydrogen-bond acceptors (Lipinski definition) is 3. The molecule has 0 heterocycles. The fourth-order valence-electron chi connectivity index (χ4n) is 2.38. The van der Waals surface area contributed by atoms with E-state index in [9.17, 15) is 9.90 Å². The van der Waals surface area contributed by atoms with Gasteiger partial charge in [0, 0.05) is 11.3 Å². The van der Waals surface area contributed by atoms with Gasteiger partial charge in [0.1, 0.15) is 5.84 Å². The number of hydrogen-bond donors (Lipinski definition) is 4. The Kier molecular flexibility index (Phi) is 6.16. The molecule has 2 rings (SSSR count). The van der Waals surface area contributed by atoms with Gasteiger partial charge in [-0.1, -0.05) is 29.3 Å². The fourth-order valence-corrected chi connectivity index (χ4v) is 2.38. The van der Waals surface area contributed by atoms with Crippen molar-refractivity contribution in [2.45, 2.75) is 19.9 Å². The first-order chi connectivity index (χ1) is 10.4. The molecule has 0 aromatic heterocycles. The maximum absolute atomic E-state index is 11.6. The quantitative estimate of drug-likeness (QED) is 0.498. The zero-order chi connectivity index (χ0) is 16.3. The molecule has 0 amide bonds. The number of amidine groups is 1. The first kappa shape index (κ1) is 18.5. The molecule has 122 valence electrons. The van der Waals surface area contributed by atoms with E-state index in [1.165, 1.54) is 0 Å². The number of nitrogens with two attached hydrogens (primary N) is 1. The number of halogens is 1. The molecule has 0 radical (unpaired) electrons. The molecule has 0 bridgehead atoms. The average Bonchev–Trinajstić information content (AvgIpc) is 2.43. The van der Waals surface area contributed by atoms with E-state index in [1.807, 2.05) is 32.0 Å². The molecular weight excluding hydrogens is 314 g/mol. The second-order valence-electron chi connectivity index (χ2n) is 5.33. The maximum Gasteiger partial charge on any atom is 0.330 e. The van der Waals surface area contributed by atoms with E-state index >= 15 is 0 Å². The standard InChI is InChI=1S/C17H19N3O2.ClH/c1-10-7-11(2)9-13(8-10)15(17(21)22)20-14-5-3-12(4-6-14)16(18)19;/h3-9,15,20H,1-2H3,(H3,18,19)(H,21,22);1H. The maximum atomic E-state index is 11.6. The van der Waals surface area contributed by atoms with Gasteiger partial charge >= 0.3 is 5.97 Å². The van der Waals surface area contributed by atoms with Crippen LogP contribution in [0.25, 0.3) is 0 Å². The lowest BCUT2D eigenvalue weighted by Crippen LogP contribution is -2.21. The first-order valence-corrected chi connectivity index (χ1v) is 6.89. The number of carboxylic acid groups (broad SMARTS) is 1. The number of carbonyl (C=O) groups is 1. The molecule has 6 heteroatoms. The minimum absolute atomic E-state index is 0. The molecule has 0 aliphatic heterocycles. The van der Waals surface area contributed by atoms with Crippen LogP contribution in [0.5, 0.6) is 0 Å². The Bertz CT molecular complexity index is 694. The van der Waals surface area contributed by atoms with Crippen molar-refractivity contribution in [2.24, 2.45) is 5.73 Å². The van der Waals surface area contributed by atoms with E-state index in [0.717, 1.165) is 11.1 Å². The van der Waals surface area contributed by atoms with Gasteiger partial charge in [-0.2, -0.15) is 0 Å². The summed E-state index contributed by atoms with van der Waals surface area (Å²) in [4.78, 5) is 11.6. The van der Waals surface area contributed by atoms with Crippen LogP contribution in [-0.4, -0.2) is 16.9 Å². The lowest BCUT2D eigenvalue weighted by molar-refractivity contribution is -0.138. The molecule has 5 nitrogen and oxygen atoms in total. The number of nitrogen functional groups attached to an aromatic ring is 1. The third kappa shape index (κ3) is 4.72. The first-order valence-electron chi connectivity index (χ1n) is 6.89. The Morgan fingerprint density at radius 3 is 2.09 bits per heavy atom. The molecule has 0 saturated carbocycles. The van der Waals surface area contributed by atoms with Crippen LogP contribution < -0.4 is 11.1 Å². The van der Waals surface area contributed by atoms with Crippen LogP contribution in [-0.2, 0) is 4.79 Å². The van der Waals surface area contributed by atoms with Gasteiger partial charge in [-0.15, -0.1) is 12.4 Å². The summed E-state index contributed by atoms with van der Waals surface area (Å²) in [7, 11) is 0. The molecule has 2 aromatic rings. The van der Waals surface area contributed by atoms with Gasteiger partial charge in [0.05, 0.1) is 0 Å². The van der Waals surface area contributed by atoms with Crippen LogP contribution in [0.2, 0.25) is 0 Å². The van der Waals surface area contributed by atoms with Gasteiger partial charge in [-0.05, 0) is 43.7 Å². The van der Waals surface area contributed by atoms with E-state index in [2.05, 4.69) is 5.32 Å². The largest absolute Gasteiger partial charge is 0.479 e. The highest BCUT2D eigenvalue weighted by Crippen LogP contribution is 2.22. The highest BCUT2D eigenvalue weighted by Gasteiger charge is 2.20. The zero-order valence-electron chi connectivity index (χ0n) is 13.0. The van der Waals surface area contributed by atoms with Crippen molar-refractivity contribution in [1.82, 2.24) is 0 Å². The summed E-state index contributed by atoms with van der Waals surface area (Å²) in [5.74, 6) is -0.962. The van der Waals surface area contributed by atoms with E-state index in [0.29, 0.717) is 16.8 Å². The molecule has 0 fully saturated rings. The number of aryl methyl sites for hydroxylation is 2. The second-order valence-corrected chi connectivity index (χ2v) is 5.33. The Hall–Kier alpha value is -2.53. The average molecular weight is 334 g/mol. The van der Waals surface area contributed by atoms with E-state index in [4.69, 9.17) is 11.1 Å². The molecule has 0 aliphatic rings. The second kappa shape index (κ2) is 7.65. The summed E-state index contributed by atoms with van der Waals surface area (Å²) >= 11 is 0. The SMILES string of the molecule is Cc1cc(C)cc(C(Nc2ccc(C(=N)N)cc2)C(=O)O)c1.Cl. The minimum Gasteiger partial charge on any atom is -0.479 e. The lowest BCUT2D eigenvalue weighted by atomic mass is 10.0. The number of aliphatic carboxylic acids is 1. The number of benzene rings is 2. The topological polar surface area (TPSA) is 99.2 Å². The normalized spacial score (nSPS) is 11.2. The summed E-state index contributed by atoms with van der Waals surface area (Å²) in [6, 6.07) is 11.7. The van der Waals surface area contributed by atoms with Crippen molar-refractivity contribution in [1.29, 1.82) is 5.41 Å². The number of carboxylic acids is 1. The van der Waals surface area contributed by atoms with Crippen LogP contribution in [0.15, 0.2) is 42.5 Å². The summed E-state index contributed by atoms with van der Waals surface area (Å²) < 4.78 is 0. The van der Waals surface area contributed by atoms with Gasteiger partial charge < -0.3 is 16.2 Å². The van der Waals surface area contributed by atoms with Crippen molar-refractivity contribution < 1.29 is 9.90 Å². The number of anilines is 1. The van der Waals surface area contributed by atoms with Crippen LogP contribution in [0, 0.1) is 19.3 Å². The molecule has 1 unspecified atom stereocenters. The Morgan fingerprint density at radius 1 is 1.13 bits per heavy atom. The molecule has 1 atom stereocenters. The van der Waals surface area contributed by atoms with E-state index in [1.54, 1.807) is 24.3 Å². The van der Waals surface area contributed by atoms with Gasteiger partial charge in [0.25, 0.3) is 0 Å². The zero-order valence-corrected chi connectivity index (χ0v) is 13.8. The van der Waals surface area contributed by atoms with Crippen LogP contribution in [0.1, 0.15) is 28.3 Å². The summed E-state index contributed by atoms with van der Waals surface area (Å²) in [6.07, 6.45) is 0. The molecule has 0 aliphatic carbocycles. The molecule has 23 heavy (non-hydrogen) atoms. The summed E-state index contributed by atoms with van der Waals surface area (Å²) in [5, 5.41) is 19.9. The number of rotatable bonds is 5. The van der Waals surface area contributed by atoms with Crippen molar-refractivity contribution in [3.63, 3.8) is 0 Å². The van der Waals surface area contributed by atoms with Crippen molar-refractivity contribution in [3.05, 3.63) is 64.7 Å². The van der Waals surface area contributed by atoms with E-state index in [-0.39, 0.29) is 18.2 Å². The Labute approximate surface area is 141 Å². The van der Waals surface area contributed by atoms with Gasteiger partial charge in [0.15, 0.2) is 6.04 Å². The third-order valence-corrected chi connectivity index (χ3v) is 3.33. The Morgan fingerprint density at radius 2 is 1.65 bits per heavy atom. The smallest absolute Gasteiger partial charge is 0.330 e. The molecule has 2 aromatic carbocycles. The molecule has 5 N–H and O–H groups in total. The molecule has 0 spiro atoms. The van der Waals surface area contributed by atoms with Crippen molar-refractivity contribution >= 4 is 29.9 Å². The molecule has 0 saturated heterocycles. The predicted molar refractivity (Wildman–Crippen MR) is 94.6 cm³/mol. The van der Waals surface area contributed by atoms with Crippen LogP contribution >= 0.6 is 12.4 Å². The number of nitrogens with one attached hydrogen (secondary N) is 2. The van der Waals surface area contributed by atoms with Crippen LogP contribution in [0.3, 0.4) is 0 Å². The van der Waals surface area contributed by atoms with Gasteiger partial charge in [-0.3, -0.25) is 5.41 Å². The van der Waals surface area contributed by atoms with Crippen LogP contribution in [0.4, 0.5) is 5.69 Å². The highest BCUT2D eigenvalue weighted by atomic mass is 35.5. The monoisotopic (exact) mass is 333 g/mol. The summed E-state index contributed by atoms with van der Waals surface area (Å²) in [6.45, 7) is 3.88. The van der Waals surface area contributed by atoms with Gasteiger partial charge in [0.2, 0.25) is 0 Å². The fraction of sp³-hybridized carbons (Fsp3) is 0.176. The van der Waals surface area contributed by atoms with Gasteiger partial charge in [-0.25, -0.2) is 4.79 Å². The summed E-state index contributed by atoms with van der Waals surface area (Å²) in [5.41, 5.74) is 9.43. The third-order valence-electron chi connectivity index (χ3n) is 3.33. The van der Waals surface area contributed by atoms with Crippen molar-refractivity contribution in [2.75, 3.05) is 5.32 Å². The van der Waals surface area contributed by atoms with E-state index < -0.39 is 12.0 Å². The molecular formula is C17H20ClN3O2. The Balaban J connectivity index is 0.00000264. The highest BCUT2D eigenvalue weighted by molar-refractivity contribution is 5.95.